The standard InChI is InChI=1S/C29H50N4O19/c34-14-17(36)25(50-28-24(47)23(46)26-29(51-26)52-28)22(45)16(35)9-30-4-2-1-3-15(27(48)49)33(7-5-31(10-18(37)38)11-19(39)40)8-6-32(12-20(41)42)13-21(43)44/h15-17,22-26,28-30,34-36,45-47H,1-14H2,(H,37,38)(H,39,40)(H,41,42)(H,43,44)(H,48,49). The van der Waals surface area contributed by atoms with Gasteiger partial charge in [0.25, 0.3) is 0 Å². The van der Waals surface area contributed by atoms with Gasteiger partial charge in [0.2, 0.25) is 0 Å². The van der Waals surface area contributed by atoms with Crippen molar-refractivity contribution in [1.82, 2.24) is 20.0 Å². The first kappa shape index (κ1) is 45.0. The molecule has 0 aromatic rings. The molecule has 12 N–H and O–H groups in total. The van der Waals surface area contributed by atoms with Crippen LogP contribution in [0, 0.1) is 0 Å². The molecule has 0 aromatic heterocycles. The van der Waals surface area contributed by atoms with Crippen LogP contribution in [0.2, 0.25) is 0 Å². The third-order valence-electron chi connectivity index (χ3n) is 8.31. The molecule has 0 bridgehead atoms. The summed E-state index contributed by atoms with van der Waals surface area (Å²) < 4.78 is 15.7. The van der Waals surface area contributed by atoms with Gasteiger partial charge in [-0.25, -0.2) is 0 Å². The van der Waals surface area contributed by atoms with E-state index in [1.165, 1.54) is 4.90 Å². The maximum Gasteiger partial charge on any atom is 0.320 e. The number of unbranched alkanes of at least 4 members (excludes halogenated alkanes) is 1. The summed E-state index contributed by atoms with van der Waals surface area (Å²) in [5.41, 5.74) is 0. The highest BCUT2D eigenvalue weighted by Crippen LogP contribution is 2.36. The predicted molar refractivity (Wildman–Crippen MR) is 169 cm³/mol. The molecular weight excluding hydrogens is 708 g/mol. The quantitative estimate of drug-likeness (QED) is 0.0249. The van der Waals surface area contributed by atoms with Crippen molar-refractivity contribution in [3.63, 3.8) is 0 Å². The number of aliphatic hydroxyl groups is 6. The summed E-state index contributed by atoms with van der Waals surface area (Å²) in [7, 11) is 0. The smallest absolute Gasteiger partial charge is 0.320 e. The predicted octanol–water partition coefficient (Wildman–Crippen LogP) is -6.29. The Labute approximate surface area is 297 Å². The first-order valence-corrected chi connectivity index (χ1v) is 16.4. The van der Waals surface area contributed by atoms with Crippen LogP contribution >= 0.6 is 0 Å². The van der Waals surface area contributed by atoms with Gasteiger partial charge in [-0.3, -0.25) is 38.7 Å². The van der Waals surface area contributed by atoms with Gasteiger partial charge in [0.15, 0.2) is 12.6 Å². The molecule has 10 atom stereocenters. The summed E-state index contributed by atoms with van der Waals surface area (Å²) in [5.74, 6) is -6.58. The van der Waals surface area contributed by atoms with Crippen molar-refractivity contribution in [1.29, 1.82) is 0 Å². The first-order chi connectivity index (χ1) is 24.4. The second kappa shape index (κ2) is 22.1. The number of rotatable bonds is 29. The lowest BCUT2D eigenvalue weighted by atomic mass is 10.0. The average molecular weight is 759 g/mol. The highest BCUT2D eigenvalue weighted by molar-refractivity contribution is 5.74. The fraction of sp³-hybridized carbons (Fsp3) is 0.828. The number of aliphatic carboxylic acids is 5. The molecule has 23 heteroatoms. The monoisotopic (exact) mass is 758 g/mol. The topological polar surface area (TPSA) is 361 Å². The number of aliphatic hydroxyl groups excluding tert-OH is 6. The summed E-state index contributed by atoms with van der Waals surface area (Å²) in [6.45, 7) is -4.33. The molecule has 52 heavy (non-hydrogen) atoms. The summed E-state index contributed by atoms with van der Waals surface area (Å²) in [6.07, 6.45) is -12.4. The minimum atomic E-state index is -1.82. The van der Waals surface area contributed by atoms with E-state index in [-0.39, 0.29) is 52.1 Å². The molecule has 2 aliphatic heterocycles. The Bertz CT molecular complexity index is 1100. The molecule has 300 valence electrons. The molecule has 0 aliphatic carbocycles. The molecule has 0 saturated carbocycles. The van der Waals surface area contributed by atoms with Crippen molar-refractivity contribution in [2.45, 2.75) is 80.6 Å². The lowest BCUT2D eigenvalue weighted by Gasteiger charge is -2.36. The lowest BCUT2D eigenvalue weighted by Crippen LogP contribution is -2.56. The number of carboxylic acids is 5. The van der Waals surface area contributed by atoms with Crippen LogP contribution in [0.1, 0.15) is 19.3 Å². The summed E-state index contributed by atoms with van der Waals surface area (Å²) >= 11 is 0. The number of epoxide rings is 1. The second-order valence-electron chi connectivity index (χ2n) is 12.4. The van der Waals surface area contributed by atoms with Crippen LogP contribution in [0.25, 0.3) is 0 Å². The Kier molecular flexibility index (Phi) is 19.2. The minimum Gasteiger partial charge on any atom is -0.480 e. The van der Waals surface area contributed by atoms with Gasteiger partial charge in [0.1, 0.15) is 42.7 Å². The third kappa shape index (κ3) is 15.4. The van der Waals surface area contributed by atoms with Gasteiger partial charge in [-0.05, 0) is 19.4 Å². The molecule has 0 amide bonds. The number of hydrogen-bond acceptors (Lipinski definition) is 18. The summed E-state index contributed by atoms with van der Waals surface area (Å²) in [6, 6.07) is -1.23. The van der Waals surface area contributed by atoms with E-state index in [1.54, 1.807) is 0 Å². The van der Waals surface area contributed by atoms with E-state index in [0.717, 1.165) is 9.80 Å². The fourth-order valence-corrected chi connectivity index (χ4v) is 5.59. The number of carboxylic acid groups (broad SMARTS) is 5. The van der Waals surface area contributed by atoms with Crippen molar-refractivity contribution in [2.75, 3.05) is 72.1 Å². The van der Waals surface area contributed by atoms with Crippen molar-refractivity contribution in [3.8, 4) is 0 Å². The van der Waals surface area contributed by atoms with Gasteiger partial charge >= 0.3 is 29.8 Å². The zero-order valence-corrected chi connectivity index (χ0v) is 28.2. The van der Waals surface area contributed by atoms with Gasteiger partial charge < -0.3 is 75.7 Å². The van der Waals surface area contributed by atoms with Crippen LogP contribution < -0.4 is 5.32 Å². The Morgan fingerprint density at radius 2 is 1.23 bits per heavy atom. The van der Waals surface area contributed by atoms with E-state index < -0.39 is 124 Å². The van der Waals surface area contributed by atoms with Crippen LogP contribution in [0.15, 0.2) is 0 Å². The molecule has 2 saturated heterocycles. The van der Waals surface area contributed by atoms with Gasteiger partial charge in [0, 0.05) is 32.7 Å². The highest BCUT2D eigenvalue weighted by Gasteiger charge is 2.57. The molecular formula is C29H50N4O19. The van der Waals surface area contributed by atoms with Gasteiger partial charge in [-0.2, -0.15) is 0 Å². The fourth-order valence-electron chi connectivity index (χ4n) is 5.59. The number of nitrogens with one attached hydrogen (secondary N) is 1. The molecule has 10 unspecified atom stereocenters. The lowest BCUT2D eigenvalue weighted by molar-refractivity contribution is -0.287. The van der Waals surface area contributed by atoms with Gasteiger partial charge in [-0.1, -0.05) is 6.42 Å². The van der Waals surface area contributed by atoms with E-state index in [4.69, 9.17) is 34.6 Å². The van der Waals surface area contributed by atoms with E-state index in [2.05, 4.69) is 5.32 Å². The van der Waals surface area contributed by atoms with Gasteiger partial charge in [-0.15, -0.1) is 0 Å². The first-order valence-electron chi connectivity index (χ1n) is 16.4. The molecule has 2 rings (SSSR count). The Morgan fingerprint density at radius 3 is 1.69 bits per heavy atom. The van der Waals surface area contributed by atoms with Crippen molar-refractivity contribution in [2.24, 2.45) is 0 Å². The zero-order chi connectivity index (χ0) is 39.1. The molecule has 0 radical (unpaired) electrons. The van der Waals surface area contributed by atoms with E-state index in [1.807, 2.05) is 0 Å². The van der Waals surface area contributed by atoms with Crippen LogP contribution in [0.5, 0.6) is 0 Å². The Balaban J connectivity index is 1.98. The Morgan fingerprint density at radius 1 is 0.712 bits per heavy atom. The third-order valence-corrected chi connectivity index (χ3v) is 8.31. The molecule has 0 spiro atoms. The number of fused-ring (bicyclic) bond motifs is 1. The Hall–Kier alpha value is -3.17. The SMILES string of the molecule is O=C(O)CN(CCN(CCN(CC(=O)O)CC(=O)O)C(CCCCNCC(O)C(O)C(OC1OC2OC2C(O)C1O)C(O)CO)C(=O)O)CC(=O)O. The second-order valence-corrected chi connectivity index (χ2v) is 12.4. The van der Waals surface area contributed by atoms with Crippen LogP contribution in [-0.4, -0.2) is 234 Å². The molecule has 0 aromatic carbocycles. The van der Waals surface area contributed by atoms with Crippen molar-refractivity contribution >= 4 is 29.8 Å². The van der Waals surface area contributed by atoms with Crippen molar-refractivity contribution < 1.29 is 94.4 Å². The molecule has 2 fully saturated rings. The van der Waals surface area contributed by atoms with Crippen LogP contribution in [-0.2, 0) is 38.2 Å². The van der Waals surface area contributed by atoms with Crippen molar-refractivity contribution in [3.05, 3.63) is 0 Å². The zero-order valence-electron chi connectivity index (χ0n) is 28.2. The largest absolute Gasteiger partial charge is 0.480 e. The summed E-state index contributed by atoms with van der Waals surface area (Å²) in [5, 5.41) is 111. The molecule has 2 aliphatic rings. The maximum absolute atomic E-state index is 12.4. The maximum atomic E-state index is 12.4. The van der Waals surface area contributed by atoms with E-state index >= 15 is 0 Å². The highest BCUT2D eigenvalue weighted by atomic mass is 16.8. The minimum absolute atomic E-state index is 0.00233. The van der Waals surface area contributed by atoms with Gasteiger partial charge in [0.05, 0.1) is 38.9 Å². The van der Waals surface area contributed by atoms with Crippen LogP contribution in [0.4, 0.5) is 0 Å². The van der Waals surface area contributed by atoms with E-state index in [9.17, 15) is 59.7 Å². The number of hydrogen-bond donors (Lipinski definition) is 12. The van der Waals surface area contributed by atoms with E-state index in [0.29, 0.717) is 6.42 Å². The number of carbonyl (C=O) groups is 5. The average Bonchev–Trinajstić information content (AvgIpc) is 3.83. The molecule has 2 heterocycles. The normalized spacial score (nSPS) is 24.2. The van der Waals surface area contributed by atoms with Crippen LogP contribution in [0.3, 0.4) is 0 Å². The molecule has 23 nitrogen and oxygen atoms in total. The number of ether oxygens (including phenoxy) is 3. The number of nitrogens with zero attached hydrogens (tertiary/aromatic N) is 3. The summed E-state index contributed by atoms with van der Waals surface area (Å²) in [4.78, 5) is 60.8.